The molecule has 4 aliphatic rings. The van der Waals surface area contributed by atoms with Gasteiger partial charge in [0.05, 0.1) is 23.4 Å². The van der Waals surface area contributed by atoms with E-state index in [4.69, 9.17) is 0 Å². The Kier molecular flexibility index (Phi) is 7.25. The summed E-state index contributed by atoms with van der Waals surface area (Å²) in [5, 5.41) is 10.7. The first-order valence-corrected chi connectivity index (χ1v) is 14.5. The first kappa shape index (κ1) is 25.8. The van der Waals surface area contributed by atoms with Crippen molar-refractivity contribution in [2.75, 3.05) is 25.0 Å². The molecule has 39 heavy (non-hydrogen) atoms. The van der Waals surface area contributed by atoms with E-state index in [1.807, 2.05) is 12.3 Å². The topological polar surface area (TPSA) is 99.6 Å². The van der Waals surface area contributed by atoms with E-state index in [0.717, 1.165) is 42.3 Å². The van der Waals surface area contributed by atoms with Crippen LogP contribution in [0, 0.1) is 5.92 Å². The highest BCUT2D eigenvalue weighted by Crippen LogP contribution is 2.33. The number of carbonyl (C=O) groups is 3. The number of anilines is 1. The van der Waals surface area contributed by atoms with Crippen LogP contribution in [-0.4, -0.2) is 63.0 Å². The van der Waals surface area contributed by atoms with Crippen LogP contribution in [0.2, 0.25) is 0 Å². The van der Waals surface area contributed by atoms with Crippen LogP contribution in [0.1, 0.15) is 90.1 Å². The molecule has 206 valence electrons. The third-order valence-corrected chi connectivity index (χ3v) is 8.89. The number of rotatable bonds is 7. The molecule has 1 aromatic carbocycles. The quantitative estimate of drug-likeness (QED) is 0.523. The van der Waals surface area contributed by atoms with E-state index in [-0.39, 0.29) is 5.91 Å². The monoisotopic (exact) mass is 530 g/mol. The van der Waals surface area contributed by atoms with Crippen LogP contribution in [0.25, 0.3) is 0 Å². The summed E-state index contributed by atoms with van der Waals surface area (Å²) < 4.78 is 2.09. The maximum atomic E-state index is 13.4. The van der Waals surface area contributed by atoms with Gasteiger partial charge < -0.3 is 15.5 Å². The molecule has 1 saturated carbocycles. The number of piperidine rings is 2. The van der Waals surface area contributed by atoms with Gasteiger partial charge in [0, 0.05) is 49.3 Å². The molecule has 3 amide bonds. The Labute approximate surface area is 229 Å². The lowest BCUT2D eigenvalue weighted by Crippen LogP contribution is -2.51. The minimum atomic E-state index is -0.817. The average molecular weight is 531 g/mol. The fourth-order valence-electron chi connectivity index (χ4n) is 6.71. The molecule has 0 spiro atoms. The number of benzene rings is 1. The number of fused-ring (bicyclic) bond motifs is 1. The van der Waals surface area contributed by atoms with Gasteiger partial charge in [0.25, 0.3) is 11.8 Å². The lowest BCUT2D eigenvalue weighted by atomic mass is 9.88. The minimum Gasteiger partial charge on any atom is -0.380 e. The average Bonchev–Trinajstić information content (AvgIpc) is 3.52. The van der Waals surface area contributed by atoms with Crippen molar-refractivity contribution in [3.8, 4) is 0 Å². The molecule has 1 unspecified atom stereocenters. The summed E-state index contributed by atoms with van der Waals surface area (Å²) >= 11 is 0. The number of likely N-dealkylation sites (tertiary alicyclic amines) is 1. The second-order valence-electron chi connectivity index (χ2n) is 11.6. The molecule has 9 nitrogen and oxygen atoms in total. The van der Waals surface area contributed by atoms with Crippen molar-refractivity contribution in [2.24, 2.45) is 5.92 Å². The number of aromatic nitrogens is 2. The molecule has 9 heteroatoms. The standard InChI is InChI=1S/C30H38N6O3/c1-20-10-11-26(28(37)33-20)36-29(38)24-8-5-9-25(27(24)30(36)39)31-16-22-17-32-35(19-22)23-12-14-34(15-13-23)18-21-6-3-2-4-7-21/h5,8-9,17,19,21,23,26,31H,1-4,6-7,10-16,18H2,(H,33,37). The first-order chi connectivity index (χ1) is 19.0. The number of hydrogen-bond acceptors (Lipinski definition) is 6. The summed E-state index contributed by atoms with van der Waals surface area (Å²) in [7, 11) is 0. The Morgan fingerprint density at radius 1 is 1.00 bits per heavy atom. The van der Waals surface area contributed by atoms with Crippen molar-refractivity contribution < 1.29 is 14.4 Å². The zero-order valence-corrected chi connectivity index (χ0v) is 22.5. The van der Waals surface area contributed by atoms with Gasteiger partial charge in [-0.05, 0) is 56.6 Å². The number of carbonyl (C=O) groups excluding carboxylic acids is 3. The Hall–Kier alpha value is -3.46. The van der Waals surface area contributed by atoms with E-state index in [2.05, 4.69) is 38.1 Å². The maximum Gasteiger partial charge on any atom is 0.264 e. The van der Waals surface area contributed by atoms with Crippen LogP contribution in [0.4, 0.5) is 5.69 Å². The molecular weight excluding hydrogens is 492 g/mol. The molecular formula is C30H38N6O3. The summed E-state index contributed by atoms with van der Waals surface area (Å²) in [5.74, 6) is -0.330. The second-order valence-corrected chi connectivity index (χ2v) is 11.6. The second kappa shape index (κ2) is 11.0. The predicted molar refractivity (Wildman–Crippen MR) is 148 cm³/mol. The molecule has 0 radical (unpaired) electrons. The van der Waals surface area contributed by atoms with E-state index < -0.39 is 17.9 Å². The van der Waals surface area contributed by atoms with Crippen LogP contribution in [0.15, 0.2) is 42.9 Å². The number of amides is 3. The summed E-state index contributed by atoms with van der Waals surface area (Å²) in [4.78, 5) is 42.8. The summed E-state index contributed by atoms with van der Waals surface area (Å²) in [6.45, 7) is 7.79. The number of nitrogens with one attached hydrogen (secondary N) is 2. The van der Waals surface area contributed by atoms with Crippen LogP contribution < -0.4 is 10.6 Å². The molecule has 2 saturated heterocycles. The Bertz CT molecular complexity index is 1270. The maximum absolute atomic E-state index is 13.4. The Morgan fingerprint density at radius 3 is 2.56 bits per heavy atom. The predicted octanol–water partition coefficient (Wildman–Crippen LogP) is 4.10. The number of nitrogens with zero attached hydrogens (tertiary/aromatic N) is 4. The van der Waals surface area contributed by atoms with E-state index in [9.17, 15) is 14.4 Å². The highest BCUT2D eigenvalue weighted by atomic mass is 16.2. The Balaban J connectivity index is 1.07. The molecule has 3 aliphatic heterocycles. The van der Waals surface area contributed by atoms with Gasteiger partial charge in [0.1, 0.15) is 6.04 Å². The molecule has 2 aromatic rings. The molecule has 0 bridgehead atoms. The summed E-state index contributed by atoms with van der Waals surface area (Å²) in [6, 6.07) is 4.82. The van der Waals surface area contributed by atoms with Gasteiger partial charge in [-0.1, -0.05) is 31.9 Å². The normalized spacial score (nSPS) is 23.3. The zero-order valence-electron chi connectivity index (χ0n) is 22.5. The molecule has 2 N–H and O–H groups in total. The fourth-order valence-corrected chi connectivity index (χ4v) is 6.71. The van der Waals surface area contributed by atoms with Crippen molar-refractivity contribution in [1.29, 1.82) is 0 Å². The van der Waals surface area contributed by atoms with Crippen LogP contribution in [0.3, 0.4) is 0 Å². The molecule has 1 aliphatic carbocycles. The van der Waals surface area contributed by atoms with E-state index in [1.165, 1.54) is 38.6 Å². The highest BCUT2D eigenvalue weighted by Gasteiger charge is 2.45. The van der Waals surface area contributed by atoms with Gasteiger partial charge in [0.15, 0.2) is 0 Å². The van der Waals surface area contributed by atoms with Gasteiger partial charge in [-0.25, -0.2) is 0 Å². The Morgan fingerprint density at radius 2 is 1.79 bits per heavy atom. The lowest BCUT2D eigenvalue weighted by Gasteiger charge is -2.35. The lowest BCUT2D eigenvalue weighted by molar-refractivity contribution is -0.125. The van der Waals surface area contributed by atoms with Gasteiger partial charge in [0.2, 0.25) is 5.91 Å². The van der Waals surface area contributed by atoms with E-state index in [1.54, 1.807) is 12.1 Å². The molecule has 4 heterocycles. The largest absolute Gasteiger partial charge is 0.380 e. The third-order valence-electron chi connectivity index (χ3n) is 8.89. The van der Waals surface area contributed by atoms with E-state index in [0.29, 0.717) is 47.9 Å². The molecule has 6 rings (SSSR count). The first-order valence-electron chi connectivity index (χ1n) is 14.5. The highest BCUT2D eigenvalue weighted by molar-refractivity contribution is 6.25. The van der Waals surface area contributed by atoms with E-state index >= 15 is 0 Å². The van der Waals surface area contributed by atoms with Gasteiger partial charge in [-0.15, -0.1) is 0 Å². The summed E-state index contributed by atoms with van der Waals surface area (Å²) in [6.07, 6.45) is 14.1. The van der Waals surface area contributed by atoms with Crippen LogP contribution in [-0.2, 0) is 11.3 Å². The molecule has 3 fully saturated rings. The van der Waals surface area contributed by atoms with Crippen LogP contribution >= 0.6 is 0 Å². The van der Waals surface area contributed by atoms with Gasteiger partial charge in [-0.3, -0.25) is 24.0 Å². The van der Waals surface area contributed by atoms with Crippen molar-refractivity contribution in [2.45, 2.75) is 76.4 Å². The summed E-state index contributed by atoms with van der Waals surface area (Å²) in [5.41, 5.74) is 2.89. The van der Waals surface area contributed by atoms with Crippen molar-refractivity contribution in [3.63, 3.8) is 0 Å². The minimum absolute atomic E-state index is 0.331. The third kappa shape index (κ3) is 5.24. The fraction of sp³-hybridized carbons (Fsp3) is 0.533. The smallest absolute Gasteiger partial charge is 0.264 e. The van der Waals surface area contributed by atoms with Crippen LogP contribution in [0.5, 0.6) is 0 Å². The molecule has 1 atom stereocenters. The van der Waals surface area contributed by atoms with Crippen molar-refractivity contribution in [3.05, 3.63) is 59.6 Å². The van der Waals surface area contributed by atoms with Crippen molar-refractivity contribution in [1.82, 2.24) is 24.9 Å². The number of allylic oxidation sites excluding steroid dienone is 1. The van der Waals surface area contributed by atoms with Gasteiger partial charge >= 0.3 is 0 Å². The number of hydrogen-bond donors (Lipinski definition) is 2. The molecule has 1 aromatic heterocycles. The van der Waals surface area contributed by atoms with Crippen molar-refractivity contribution >= 4 is 23.4 Å². The zero-order chi connectivity index (χ0) is 26.9. The number of imide groups is 1. The van der Waals surface area contributed by atoms with Gasteiger partial charge in [-0.2, -0.15) is 5.10 Å². The SMILES string of the molecule is C=C1CCC(N2C(=O)c3cccc(NCc4cnn(C5CCN(CC6CCCCC6)CC5)c4)c3C2=O)C(=O)N1.